The summed E-state index contributed by atoms with van der Waals surface area (Å²) in [4.78, 5) is 4.34. The monoisotopic (exact) mass is 333 g/mol. The van der Waals surface area contributed by atoms with E-state index in [9.17, 15) is 0 Å². The third-order valence-corrected chi connectivity index (χ3v) is 4.52. The van der Waals surface area contributed by atoms with Gasteiger partial charge in [0, 0.05) is 26.7 Å². The third kappa shape index (κ3) is 6.40. The van der Waals surface area contributed by atoms with E-state index >= 15 is 0 Å². The van der Waals surface area contributed by atoms with Crippen molar-refractivity contribution in [1.29, 1.82) is 0 Å². The first-order valence-electron chi connectivity index (χ1n) is 8.89. The number of hydrogen-bond acceptors (Lipinski definition) is 3. The molecule has 0 atom stereocenters. The zero-order chi connectivity index (χ0) is 17.2. The van der Waals surface area contributed by atoms with Crippen LogP contribution in [0.15, 0.2) is 29.3 Å². The second-order valence-corrected chi connectivity index (χ2v) is 6.51. The second-order valence-electron chi connectivity index (χ2n) is 6.51. The highest BCUT2D eigenvalue weighted by Gasteiger charge is 2.18. The number of methoxy groups -OCH3 is 1. The van der Waals surface area contributed by atoms with Crippen molar-refractivity contribution in [3.05, 3.63) is 29.8 Å². The van der Waals surface area contributed by atoms with E-state index in [0.29, 0.717) is 19.3 Å². The van der Waals surface area contributed by atoms with Crippen LogP contribution in [0.3, 0.4) is 0 Å². The number of rotatable bonds is 7. The summed E-state index contributed by atoms with van der Waals surface area (Å²) in [7, 11) is 3.50. The van der Waals surface area contributed by atoms with Gasteiger partial charge in [0.25, 0.3) is 0 Å². The number of nitrogens with one attached hydrogen (secondary N) is 2. The smallest absolute Gasteiger partial charge is 0.191 e. The molecule has 1 aromatic rings. The molecule has 24 heavy (non-hydrogen) atoms. The molecule has 0 heterocycles. The first-order valence-corrected chi connectivity index (χ1v) is 8.89. The summed E-state index contributed by atoms with van der Waals surface area (Å²) in [5, 5.41) is 6.94. The molecule has 2 N–H and O–H groups in total. The lowest BCUT2D eigenvalue weighted by Gasteiger charge is -2.28. The lowest BCUT2D eigenvalue weighted by atomic mass is 9.87. The first kappa shape index (κ1) is 18.6. The molecule has 0 aliphatic heterocycles. The van der Waals surface area contributed by atoms with Crippen LogP contribution >= 0.6 is 0 Å². The standard InChI is InChI=1S/C19H31N3O2/c1-15-4-8-17(9-5-15)22-19(20-2)21-14-16-6-10-18(11-7-16)24-13-12-23-3/h6-7,10-11,15,17H,4-5,8-9,12-14H2,1-3H3,(H2,20,21,22). The normalized spacial score (nSPS) is 21.4. The highest BCUT2D eigenvalue weighted by atomic mass is 16.5. The van der Waals surface area contributed by atoms with Gasteiger partial charge in [-0.25, -0.2) is 0 Å². The lowest BCUT2D eigenvalue weighted by Crippen LogP contribution is -2.44. The van der Waals surface area contributed by atoms with Gasteiger partial charge < -0.3 is 20.1 Å². The number of ether oxygens (including phenoxy) is 2. The second kappa shape index (κ2) is 10.2. The molecule has 0 saturated heterocycles. The van der Waals surface area contributed by atoms with Gasteiger partial charge in [-0.1, -0.05) is 19.1 Å². The number of guanidine groups is 1. The predicted molar refractivity (Wildman–Crippen MR) is 98.6 cm³/mol. The maximum Gasteiger partial charge on any atom is 0.191 e. The van der Waals surface area contributed by atoms with Gasteiger partial charge in [0.2, 0.25) is 0 Å². The highest BCUT2D eigenvalue weighted by molar-refractivity contribution is 5.79. The number of aliphatic imine (C=N–C) groups is 1. The minimum Gasteiger partial charge on any atom is -0.491 e. The lowest BCUT2D eigenvalue weighted by molar-refractivity contribution is 0.146. The zero-order valence-electron chi connectivity index (χ0n) is 15.2. The van der Waals surface area contributed by atoms with Crippen LogP contribution in [0.1, 0.15) is 38.2 Å². The van der Waals surface area contributed by atoms with Crippen LogP contribution in [0.25, 0.3) is 0 Å². The van der Waals surface area contributed by atoms with Gasteiger partial charge in [-0.2, -0.15) is 0 Å². The third-order valence-electron chi connectivity index (χ3n) is 4.52. The topological polar surface area (TPSA) is 54.9 Å². The van der Waals surface area contributed by atoms with E-state index in [1.54, 1.807) is 7.11 Å². The van der Waals surface area contributed by atoms with Crippen LogP contribution in [0.4, 0.5) is 0 Å². The Balaban J connectivity index is 1.74. The van der Waals surface area contributed by atoms with E-state index in [1.807, 2.05) is 19.2 Å². The van der Waals surface area contributed by atoms with Crippen LogP contribution in [0, 0.1) is 5.92 Å². The maximum absolute atomic E-state index is 5.58. The minimum absolute atomic E-state index is 0.545. The summed E-state index contributed by atoms with van der Waals surface area (Å²) >= 11 is 0. The Hall–Kier alpha value is -1.75. The van der Waals surface area contributed by atoms with Crippen molar-refractivity contribution < 1.29 is 9.47 Å². The zero-order valence-corrected chi connectivity index (χ0v) is 15.2. The summed E-state index contributed by atoms with van der Waals surface area (Å²) < 4.78 is 10.6. The van der Waals surface area contributed by atoms with E-state index in [0.717, 1.165) is 24.2 Å². The fourth-order valence-corrected chi connectivity index (χ4v) is 2.92. The van der Waals surface area contributed by atoms with Crippen molar-refractivity contribution in [3.63, 3.8) is 0 Å². The Morgan fingerprint density at radius 2 is 1.83 bits per heavy atom. The molecule has 0 unspecified atom stereocenters. The van der Waals surface area contributed by atoms with Crippen LogP contribution in [-0.4, -0.2) is 39.4 Å². The average molecular weight is 333 g/mol. The van der Waals surface area contributed by atoms with Gasteiger partial charge in [0.1, 0.15) is 12.4 Å². The van der Waals surface area contributed by atoms with Crippen LogP contribution in [-0.2, 0) is 11.3 Å². The van der Waals surface area contributed by atoms with Crippen LogP contribution < -0.4 is 15.4 Å². The van der Waals surface area contributed by atoms with Crippen LogP contribution in [0.2, 0.25) is 0 Å². The first-order chi connectivity index (χ1) is 11.7. The van der Waals surface area contributed by atoms with E-state index in [2.05, 4.69) is 34.7 Å². The summed E-state index contributed by atoms with van der Waals surface area (Å²) in [6, 6.07) is 8.68. The molecule has 134 valence electrons. The molecule has 0 bridgehead atoms. The molecule has 5 nitrogen and oxygen atoms in total. The van der Waals surface area contributed by atoms with Gasteiger partial charge in [0.15, 0.2) is 5.96 Å². The molecule has 1 fully saturated rings. The van der Waals surface area contributed by atoms with E-state index in [1.165, 1.54) is 31.2 Å². The Kier molecular flexibility index (Phi) is 7.89. The SMILES string of the molecule is CN=C(NCc1ccc(OCCOC)cc1)NC1CCC(C)CC1. The Bertz CT molecular complexity index is 494. The molecular formula is C19H31N3O2. The molecule has 1 saturated carbocycles. The van der Waals surface area contributed by atoms with Gasteiger partial charge in [-0.15, -0.1) is 0 Å². The Morgan fingerprint density at radius 1 is 1.12 bits per heavy atom. The minimum atomic E-state index is 0.545. The average Bonchev–Trinajstić information content (AvgIpc) is 2.61. The van der Waals surface area contributed by atoms with Crippen molar-refractivity contribution in [1.82, 2.24) is 10.6 Å². The van der Waals surface area contributed by atoms with Gasteiger partial charge in [-0.3, -0.25) is 4.99 Å². The molecule has 0 aromatic heterocycles. The van der Waals surface area contributed by atoms with E-state index in [-0.39, 0.29) is 0 Å². The van der Waals surface area contributed by atoms with Crippen LogP contribution in [0.5, 0.6) is 5.75 Å². The molecule has 0 spiro atoms. The quantitative estimate of drug-likeness (QED) is 0.458. The van der Waals surface area contributed by atoms with E-state index < -0.39 is 0 Å². The molecule has 5 heteroatoms. The van der Waals surface area contributed by atoms with Gasteiger partial charge >= 0.3 is 0 Å². The van der Waals surface area contributed by atoms with Crippen molar-refractivity contribution >= 4 is 5.96 Å². The molecule has 1 aromatic carbocycles. The summed E-state index contributed by atoms with van der Waals surface area (Å²) in [5.74, 6) is 2.62. The predicted octanol–water partition coefficient (Wildman–Crippen LogP) is 2.96. The fraction of sp³-hybridized carbons (Fsp3) is 0.632. The summed E-state index contributed by atoms with van der Waals surface area (Å²) in [6.45, 7) is 4.27. The molecule has 0 radical (unpaired) electrons. The number of benzene rings is 1. The fourth-order valence-electron chi connectivity index (χ4n) is 2.92. The van der Waals surface area contributed by atoms with E-state index in [4.69, 9.17) is 9.47 Å². The Morgan fingerprint density at radius 3 is 2.46 bits per heavy atom. The summed E-state index contributed by atoms with van der Waals surface area (Å²) in [5.41, 5.74) is 1.20. The van der Waals surface area contributed by atoms with Crippen molar-refractivity contribution in [2.45, 2.75) is 45.2 Å². The molecule has 2 rings (SSSR count). The van der Waals surface area contributed by atoms with Gasteiger partial charge in [-0.05, 0) is 49.3 Å². The Labute approximate surface area is 145 Å². The van der Waals surface area contributed by atoms with Crippen molar-refractivity contribution in [2.24, 2.45) is 10.9 Å². The largest absolute Gasteiger partial charge is 0.491 e. The highest BCUT2D eigenvalue weighted by Crippen LogP contribution is 2.23. The maximum atomic E-state index is 5.58. The van der Waals surface area contributed by atoms with Crippen molar-refractivity contribution in [3.8, 4) is 5.75 Å². The number of hydrogen-bond donors (Lipinski definition) is 2. The molecule has 0 amide bonds. The molecular weight excluding hydrogens is 302 g/mol. The van der Waals surface area contributed by atoms with Crippen molar-refractivity contribution in [2.75, 3.05) is 27.4 Å². The summed E-state index contributed by atoms with van der Waals surface area (Å²) in [6.07, 6.45) is 5.07. The number of nitrogens with zero attached hydrogens (tertiary/aromatic N) is 1. The molecule has 1 aliphatic rings. The molecule has 1 aliphatic carbocycles. The van der Waals surface area contributed by atoms with Gasteiger partial charge in [0.05, 0.1) is 6.61 Å².